The van der Waals surface area contributed by atoms with Gasteiger partial charge in [0, 0.05) is 57.5 Å². The molecule has 1 unspecified atom stereocenters. The Morgan fingerprint density at radius 1 is 1.19 bits per heavy atom. The van der Waals surface area contributed by atoms with Crippen LogP contribution in [0.3, 0.4) is 0 Å². The van der Waals surface area contributed by atoms with Crippen LogP contribution in [0.25, 0.3) is 0 Å². The van der Waals surface area contributed by atoms with Gasteiger partial charge in [0.2, 0.25) is 0 Å². The zero-order valence-corrected chi connectivity index (χ0v) is 17.4. The molecule has 154 valence electrons. The third-order valence-corrected chi connectivity index (χ3v) is 5.94. The summed E-state index contributed by atoms with van der Waals surface area (Å²) in [6.07, 6.45) is 6.19. The second kappa shape index (κ2) is 11.6. The molecule has 5 atom stereocenters. The van der Waals surface area contributed by atoms with Crippen LogP contribution in [0.15, 0.2) is 0 Å². The minimum Gasteiger partial charge on any atom is -0.380 e. The summed E-state index contributed by atoms with van der Waals surface area (Å²) in [6.45, 7) is 11.7. The Morgan fingerprint density at radius 2 is 2.00 bits per heavy atom. The summed E-state index contributed by atoms with van der Waals surface area (Å²) >= 11 is 0. The predicted molar refractivity (Wildman–Crippen MR) is 108 cm³/mol. The van der Waals surface area contributed by atoms with E-state index in [0.29, 0.717) is 24.2 Å². The molecule has 0 aromatic rings. The first kappa shape index (κ1) is 22.1. The van der Waals surface area contributed by atoms with Gasteiger partial charge in [-0.1, -0.05) is 0 Å². The average molecular weight is 371 g/mol. The number of hydrogen-bond donors (Lipinski definition) is 3. The minimum absolute atomic E-state index is 0.150. The van der Waals surface area contributed by atoms with Gasteiger partial charge in [0.25, 0.3) is 0 Å². The molecule has 0 saturated carbocycles. The molecule has 2 rings (SSSR count). The molecule has 4 N–H and O–H groups in total. The van der Waals surface area contributed by atoms with Gasteiger partial charge >= 0.3 is 0 Å². The number of nitrogens with two attached hydrogens (primary N) is 1. The van der Waals surface area contributed by atoms with Gasteiger partial charge in [-0.3, -0.25) is 4.90 Å². The molecule has 6 nitrogen and oxygen atoms in total. The van der Waals surface area contributed by atoms with E-state index in [1.165, 1.54) is 12.8 Å². The van der Waals surface area contributed by atoms with Crippen molar-refractivity contribution in [1.29, 1.82) is 0 Å². The highest BCUT2D eigenvalue weighted by Crippen LogP contribution is 2.16. The molecular formula is C20H42N4O2. The molecule has 2 aliphatic heterocycles. The topological polar surface area (TPSA) is 71.8 Å². The molecule has 0 bridgehead atoms. The second-order valence-corrected chi connectivity index (χ2v) is 8.39. The van der Waals surface area contributed by atoms with Crippen LogP contribution < -0.4 is 16.4 Å². The Hall–Kier alpha value is -0.240. The van der Waals surface area contributed by atoms with Crippen molar-refractivity contribution in [2.75, 3.05) is 39.9 Å². The lowest BCUT2D eigenvalue weighted by atomic mass is 10.0. The van der Waals surface area contributed by atoms with Crippen molar-refractivity contribution in [2.45, 2.75) is 89.3 Å². The van der Waals surface area contributed by atoms with Gasteiger partial charge in [-0.25, -0.2) is 0 Å². The van der Waals surface area contributed by atoms with Gasteiger partial charge in [-0.05, 0) is 59.4 Å². The van der Waals surface area contributed by atoms with Gasteiger partial charge in [-0.15, -0.1) is 0 Å². The maximum absolute atomic E-state index is 6.31. The predicted octanol–water partition coefficient (Wildman–Crippen LogP) is 1.34. The monoisotopic (exact) mass is 370 g/mol. The van der Waals surface area contributed by atoms with Crippen LogP contribution in [0.4, 0.5) is 0 Å². The summed E-state index contributed by atoms with van der Waals surface area (Å²) in [6, 6.07) is 1.66. The van der Waals surface area contributed by atoms with Crippen LogP contribution in [-0.4, -0.2) is 81.2 Å². The molecule has 0 aliphatic carbocycles. The summed E-state index contributed by atoms with van der Waals surface area (Å²) in [5.74, 6) is 0. The maximum atomic E-state index is 6.31. The average Bonchev–Trinajstić information content (AvgIpc) is 2.62. The second-order valence-electron chi connectivity index (χ2n) is 8.39. The summed E-state index contributed by atoms with van der Waals surface area (Å²) in [5, 5.41) is 7.18. The van der Waals surface area contributed by atoms with E-state index in [1.807, 2.05) is 7.11 Å². The van der Waals surface area contributed by atoms with Gasteiger partial charge in [-0.2, -0.15) is 0 Å². The van der Waals surface area contributed by atoms with Crippen LogP contribution in [0.5, 0.6) is 0 Å². The highest BCUT2D eigenvalue weighted by atomic mass is 16.5. The third-order valence-electron chi connectivity index (χ3n) is 5.94. The summed E-state index contributed by atoms with van der Waals surface area (Å²) in [5.41, 5.74) is 6.31. The third kappa shape index (κ3) is 7.06. The fourth-order valence-electron chi connectivity index (χ4n) is 4.18. The lowest BCUT2D eigenvalue weighted by Crippen LogP contribution is -2.55. The number of rotatable bonds is 10. The molecular weight excluding hydrogens is 328 g/mol. The standard InChI is InChI=1S/C20H42N4O2/c1-15(2)24-11-9-19(17(21)14-24)26-12-6-5-7-16(3)23-18-13-22-10-8-20(18)25-4/h15-20,22-23H,5-14,21H2,1-4H3/t16?,17-,18-,19+,20+/m0/s1. The van der Waals surface area contributed by atoms with Gasteiger partial charge in [0.1, 0.15) is 0 Å². The normalized spacial score (nSPS) is 32.1. The first-order chi connectivity index (χ1) is 12.5. The van der Waals surface area contributed by atoms with E-state index in [0.717, 1.165) is 52.0 Å². The number of unbranched alkanes of at least 4 members (excludes halogenated alkanes) is 1. The number of hydrogen-bond acceptors (Lipinski definition) is 6. The lowest BCUT2D eigenvalue weighted by Gasteiger charge is -2.38. The summed E-state index contributed by atoms with van der Waals surface area (Å²) < 4.78 is 11.7. The van der Waals surface area contributed by atoms with Crippen molar-refractivity contribution in [3.8, 4) is 0 Å². The zero-order valence-electron chi connectivity index (χ0n) is 17.4. The highest BCUT2D eigenvalue weighted by molar-refractivity contribution is 4.86. The Morgan fingerprint density at radius 3 is 2.69 bits per heavy atom. The van der Waals surface area contributed by atoms with E-state index < -0.39 is 0 Å². The van der Waals surface area contributed by atoms with Crippen LogP contribution in [0.2, 0.25) is 0 Å². The SMILES string of the molecule is CO[C@@H]1CCNC[C@@H]1NC(C)CCCCO[C@@H]1CCN(C(C)C)C[C@@H]1N. The van der Waals surface area contributed by atoms with Gasteiger partial charge in [0.05, 0.1) is 12.2 Å². The number of piperidine rings is 2. The number of ether oxygens (including phenoxy) is 2. The van der Waals surface area contributed by atoms with Crippen molar-refractivity contribution in [1.82, 2.24) is 15.5 Å². The van der Waals surface area contributed by atoms with Crippen molar-refractivity contribution in [2.24, 2.45) is 5.73 Å². The van der Waals surface area contributed by atoms with Crippen molar-refractivity contribution < 1.29 is 9.47 Å². The van der Waals surface area contributed by atoms with Crippen molar-refractivity contribution in [3.63, 3.8) is 0 Å². The molecule has 0 radical (unpaired) electrons. The number of nitrogens with zero attached hydrogens (tertiary/aromatic N) is 1. The fraction of sp³-hybridized carbons (Fsp3) is 1.00. The number of methoxy groups -OCH3 is 1. The molecule has 26 heavy (non-hydrogen) atoms. The molecule has 0 amide bonds. The Labute approximate surface area is 160 Å². The lowest BCUT2D eigenvalue weighted by molar-refractivity contribution is -0.0141. The Bertz CT molecular complexity index is 383. The van der Waals surface area contributed by atoms with E-state index in [4.69, 9.17) is 15.2 Å². The summed E-state index contributed by atoms with van der Waals surface area (Å²) in [7, 11) is 1.82. The molecule has 0 aromatic carbocycles. The molecule has 6 heteroatoms. The van der Waals surface area contributed by atoms with E-state index in [2.05, 4.69) is 36.3 Å². The first-order valence-corrected chi connectivity index (χ1v) is 10.6. The molecule has 2 fully saturated rings. The fourth-order valence-corrected chi connectivity index (χ4v) is 4.18. The van der Waals surface area contributed by atoms with Crippen LogP contribution in [0.1, 0.15) is 52.9 Å². The number of nitrogens with one attached hydrogen (secondary N) is 2. The summed E-state index contributed by atoms with van der Waals surface area (Å²) in [4.78, 5) is 2.45. The van der Waals surface area contributed by atoms with E-state index in [1.54, 1.807) is 0 Å². The zero-order chi connectivity index (χ0) is 18.9. The van der Waals surface area contributed by atoms with Crippen LogP contribution in [0, 0.1) is 0 Å². The molecule has 2 saturated heterocycles. The molecule has 2 aliphatic rings. The first-order valence-electron chi connectivity index (χ1n) is 10.6. The quantitative estimate of drug-likeness (QED) is 0.504. The maximum Gasteiger partial charge on any atom is 0.0750 e. The molecule has 0 aromatic heterocycles. The Balaban J connectivity index is 1.54. The van der Waals surface area contributed by atoms with Crippen LogP contribution in [-0.2, 0) is 9.47 Å². The molecule has 0 spiro atoms. The van der Waals surface area contributed by atoms with Gasteiger partial charge in [0.15, 0.2) is 0 Å². The van der Waals surface area contributed by atoms with E-state index in [9.17, 15) is 0 Å². The van der Waals surface area contributed by atoms with Crippen LogP contribution >= 0.6 is 0 Å². The molecule has 2 heterocycles. The van der Waals surface area contributed by atoms with Gasteiger partial charge < -0.3 is 25.8 Å². The van der Waals surface area contributed by atoms with E-state index >= 15 is 0 Å². The smallest absolute Gasteiger partial charge is 0.0750 e. The number of likely N-dealkylation sites (tertiary alicyclic amines) is 1. The highest BCUT2D eigenvalue weighted by Gasteiger charge is 2.28. The van der Waals surface area contributed by atoms with Crippen molar-refractivity contribution >= 4 is 0 Å². The van der Waals surface area contributed by atoms with Crippen molar-refractivity contribution in [3.05, 3.63) is 0 Å². The minimum atomic E-state index is 0.150. The van der Waals surface area contributed by atoms with E-state index in [-0.39, 0.29) is 12.1 Å². The Kier molecular flexibility index (Phi) is 9.81. The largest absolute Gasteiger partial charge is 0.380 e.